The molecule has 1 unspecified atom stereocenters. The Labute approximate surface area is 131 Å². The van der Waals surface area contributed by atoms with E-state index in [1.165, 1.54) is 6.42 Å². The Bertz CT molecular complexity index is 473. The summed E-state index contributed by atoms with van der Waals surface area (Å²) in [6, 6.07) is 5.78. The van der Waals surface area contributed by atoms with Crippen molar-refractivity contribution in [3.05, 3.63) is 23.2 Å². The minimum absolute atomic E-state index is 0.00677. The molecule has 1 aromatic carbocycles. The summed E-state index contributed by atoms with van der Waals surface area (Å²) in [5, 5.41) is 6.90. The molecule has 1 aliphatic heterocycles. The van der Waals surface area contributed by atoms with Crippen LogP contribution in [0.25, 0.3) is 0 Å². The average molecular weight is 311 g/mol. The highest BCUT2D eigenvalue weighted by Crippen LogP contribution is 2.28. The van der Waals surface area contributed by atoms with Crippen LogP contribution in [-0.2, 0) is 4.79 Å². The topological polar surface area (TPSA) is 50.4 Å². The average Bonchev–Trinajstić information content (AvgIpc) is 2.98. The first-order valence-corrected chi connectivity index (χ1v) is 8.02. The molecule has 0 spiro atoms. The van der Waals surface area contributed by atoms with Crippen molar-refractivity contribution in [1.82, 2.24) is 5.32 Å². The summed E-state index contributed by atoms with van der Waals surface area (Å²) in [4.78, 5) is 12.1. The normalized spacial score (nSPS) is 17.7. The molecule has 0 bridgehead atoms. The van der Waals surface area contributed by atoms with Gasteiger partial charge in [0.15, 0.2) is 0 Å². The lowest BCUT2D eigenvalue weighted by Crippen LogP contribution is -2.23. The number of hydrogen-bond acceptors (Lipinski definition) is 3. The van der Waals surface area contributed by atoms with Gasteiger partial charge in [0.05, 0.1) is 12.3 Å². The van der Waals surface area contributed by atoms with E-state index in [9.17, 15) is 4.79 Å². The van der Waals surface area contributed by atoms with Gasteiger partial charge in [-0.2, -0.15) is 0 Å². The first kappa shape index (κ1) is 16.1. The summed E-state index contributed by atoms with van der Waals surface area (Å²) in [6.07, 6.45) is 4.67. The minimum Gasteiger partial charge on any atom is -0.491 e. The molecule has 4 nitrogen and oxygen atoms in total. The number of carbonyl (C=O) groups excluding carboxylic acids is 1. The molecule has 0 aromatic heterocycles. The molecule has 1 aliphatic rings. The Kier molecular flexibility index (Phi) is 6.33. The molecular weight excluding hydrogens is 288 g/mol. The van der Waals surface area contributed by atoms with Gasteiger partial charge in [-0.3, -0.25) is 4.79 Å². The van der Waals surface area contributed by atoms with Crippen LogP contribution in [0.15, 0.2) is 18.2 Å². The van der Waals surface area contributed by atoms with Gasteiger partial charge in [0, 0.05) is 17.5 Å². The third kappa shape index (κ3) is 5.21. The smallest absolute Gasteiger partial charge is 0.224 e. The molecule has 2 N–H and O–H groups in total. The highest BCUT2D eigenvalue weighted by molar-refractivity contribution is 6.31. The molecule has 0 aliphatic carbocycles. The van der Waals surface area contributed by atoms with Gasteiger partial charge >= 0.3 is 0 Å². The fraction of sp³-hybridized carbons (Fsp3) is 0.562. The van der Waals surface area contributed by atoms with Gasteiger partial charge in [-0.15, -0.1) is 0 Å². The molecule has 1 fully saturated rings. The lowest BCUT2D eigenvalue weighted by Gasteiger charge is -2.13. The number of halogens is 1. The van der Waals surface area contributed by atoms with Gasteiger partial charge < -0.3 is 15.4 Å². The Morgan fingerprint density at radius 2 is 2.38 bits per heavy atom. The predicted octanol–water partition coefficient (Wildman–Crippen LogP) is 3.60. The van der Waals surface area contributed by atoms with Crippen LogP contribution < -0.4 is 15.4 Å². The largest absolute Gasteiger partial charge is 0.491 e. The lowest BCUT2D eigenvalue weighted by molar-refractivity contribution is -0.116. The van der Waals surface area contributed by atoms with Crippen LogP contribution in [0, 0.1) is 0 Å². The van der Waals surface area contributed by atoms with Gasteiger partial charge in [-0.1, -0.05) is 18.5 Å². The molecule has 2 rings (SSSR count). The molecule has 21 heavy (non-hydrogen) atoms. The fourth-order valence-electron chi connectivity index (χ4n) is 2.46. The highest BCUT2D eigenvalue weighted by Gasteiger charge is 2.16. The van der Waals surface area contributed by atoms with Crippen LogP contribution in [0.3, 0.4) is 0 Å². The van der Waals surface area contributed by atoms with Crippen molar-refractivity contribution in [1.29, 1.82) is 0 Å². The molecule has 0 radical (unpaired) electrons. The first-order chi connectivity index (χ1) is 10.2. The van der Waals surface area contributed by atoms with E-state index in [1.54, 1.807) is 18.2 Å². The molecule has 1 amide bonds. The van der Waals surface area contributed by atoms with E-state index < -0.39 is 0 Å². The Morgan fingerprint density at radius 3 is 3.10 bits per heavy atom. The summed E-state index contributed by atoms with van der Waals surface area (Å²) >= 11 is 6.00. The second-order valence-corrected chi connectivity index (χ2v) is 5.81. The van der Waals surface area contributed by atoms with Crippen LogP contribution in [0.1, 0.15) is 39.0 Å². The van der Waals surface area contributed by atoms with E-state index >= 15 is 0 Å². The van der Waals surface area contributed by atoms with Crippen LogP contribution in [-0.4, -0.2) is 25.1 Å². The number of anilines is 1. The van der Waals surface area contributed by atoms with Crippen molar-refractivity contribution in [2.75, 3.05) is 18.5 Å². The van der Waals surface area contributed by atoms with Crippen LogP contribution in [0.5, 0.6) is 5.75 Å². The number of carbonyl (C=O) groups is 1. The van der Waals surface area contributed by atoms with Gasteiger partial charge in [-0.25, -0.2) is 0 Å². The van der Waals surface area contributed by atoms with E-state index in [1.807, 2.05) is 6.92 Å². The van der Waals surface area contributed by atoms with E-state index in [0.29, 0.717) is 35.5 Å². The lowest BCUT2D eigenvalue weighted by atomic mass is 10.1. The molecule has 1 saturated heterocycles. The summed E-state index contributed by atoms with van der Waals surface area (Å²) in [5.41, 5.74) is 0.653. The molecule has 1 aromatic rings. The number of benzene rings is 1. The fourth-order valence-corrected chi connectivity index (χ4v) is 2.63. The summed E-state index contributed by atoms with van der Waals surface area (Å²) in [5.74, 6) is 0.681. The number of amides is 1. The number of ether oxygens (including phenoxy) is 1. The monoisotopic (exact) mass is 310 g/mol. The Hall–Kier alpha value is -1.26. The van der Waals surface area contributed by atoms with Gasteiger partial charge in [0.1, 0.15) is 5.75 Å². The predicted molar refractivity (Wildman–Crippen MR) is 86.1 cm³/mol. The van der Waals surface area contributed by atoms with Gasteiger partial charge in [0.2, 0.25) is 5.91 Å². The molecule has 5 heteroatoms. The maximum atomic E-state index is 12.1. The summed E-state index contributed by atoms with van der Waals surface area (Å²) in [7, 11) is 0. The third-order valence-corrected chi connectivity index (χ3v) is 3.79. The maximum Gasteiger partial charge on any atom is 0.224 e. The van der Waals surface area contributed by atoms with Crippen LogP contribution in [0.2, 0.25) is 5.02 Å². The van der Waals surface area contributed by atoms with Crippen LogP contribution >= 0.6 is 11.6 Å². The summed E-state index contributed by atoms with van der Waals surface area (Å²) < 4.78 is 5.63. The zero-order chi connectivity index (χ0) is 15.1. The molecule has 1 atom stereocenters. The van der Waals surface area contributed by atoms with E-state index in [-0.39, 0.29) is 5.91 Å². The second-order valence-electron chi connectivity index (χ2n) is 5.37. The van der Waals surface area contributed by atoms with E-state index in [2.05, 4.69) is 10.6 Å². The Balaban J connectivity index is 1.90. The number of hydrogen-bond donors (Lipinski definition) is 2. The van der Waals surface area contributed by atoms with Crippen molar-refractivity contribution in [3.8, 4) is 5.75 Å². The molecule has 116 valence electrons. The van der Waals surface area contributed by atoms with Crippen molar-refractivity contribution < 1.29 is 9.53 Å². The summed E-state index contributed by atoms with van der Waals surface area (Å²) in [6.45, 7) is 3.73. The van der Waals surface area contributed by atoms with Crippen LogP contribution in [0.4, 0.5) is 5.69 Å². The zero-order valence-electron chi connectivity index (χ0n) is 12.5. The van der Waals surface area contributed by atoms with Crippen molar-refractivity contribution >= 4 is 23.2 Å². The van der Waals surface area contributed by atoms with Gasteiger partial charge in [0.25, 0.3) is 0 Å². The van der Waals surface area contributed by atoms with E-state index in [0.717, 1.165) is 25.8 Å². The minimum atomic E-state index is 0.00677. The zero-order valence-corrected chi connectivity index (χ0v) is 13.2. The third-order valence-electron chi connectivity index (χ3n) is 3.56. The van der Waals surface area contributed by atoms with Crippen molar-refractivity contribution in [3.63, 3.8) is 0 Å². The number of nitrogens with one attached hydrogen (secondary N) is 2. The van der Waals surface area contributed by atoms with Crippen molar-refractivity contribution in [2.24, 2.45) is 0 Å². The second kappa shape index (κ2) is 8.25. The highest BCUT2D eigenvalue weighted by atomic mass is 35.5. The Morgan fingerprint density at radius 1 is 1.52 bits per heavy atom. The van der Waals surface area contributed by atoms with E-state index in [4.69, 9.17) is 16.3 Å². The first-order valence-electron chi connectivity index (χ1n) is 7.64. The molecule has 1 heterocycles. The molecule has 0 saturated carbocycles. The van der Waals surface area contributed by atoms with Gasteiger partial charge in [-0.05, 0) is 50.4 Å². The quantitative estimate of drug-likeness (QED) is 0.809. The standard InChI is InChI=1S/C16H23ClN2O2/c1-2-10-21-15-7-5-12(17)11-14(15)19-16(20)8-6-13-4-3-9-18-13/h5,7,11,13,18H,2-4,6,8-10H2,1H3,(H,19,20). The number of rotatable bonds is 7. The van der Waals surface area contributed by atoms with Crippen molar-refractivity contribution in [2.45, 2.75) is 45.1 Å². The molecular formula is C16H23ClN2O2. The maximum absolute atomic E-state index is 12.1. The SMILES string of the molecule is CCCOc1ccc(Cl)cc1NC(=O)CCC1CCCN1.